The second kappa shape index (κ2) is 2.77. The van der Waals surface area contributed by atoms with Crippen LogP contribution in [0.25, 0.3) is 0 Å². The van der Waals surface area contributed by atoms with Crippen LogP contribution < -0.4 is 0 Å². The van der Waals surface area contributed by atoms with E-state index in [1.807, 2.05) is 5.92 Å². The van der Waals surface area contributed by atoms with E-state index in [2.05, 4.69) is 0 Å². The molecule has 14 heavy (non-hydrogen) atoms. The molecular weight excluding hydrogens is 168 g/mol. The van der Waals surface area contributed by atoms with Gasteiger partial charge in [-0.25, -0.2) is 0 Å². The molecule has 4 bridgehead atoms. The number of fused-ring (bicyclic) bond motifs is 4. The van der Waals surface area contributed by atoms with Crippen molar-refractivity contribution in [1.82, 2.24) is 0 Å². The van der Waals surface area contributed by atoms with Gasteiger partial charge in [0.25, 0.3) is 0 Å². The summed E-state index contributed by atoms with van der Waals surface area (Å²) in [5, 5.41) is 0. The normalized spacial score (nSPS) is 56.1. The van der Waals surface area contributed by atoms with Crippen LogP contribution in [-0.2, 0) is 0 Å². The summed E-state index contributed by atoms with van der Waals surface area (Å²) in [6.07, 6.45) is 12.6. The lowest BCUT2D eigenvalue weighted by atomic mass is 9.72. The molecule has 4 fully saturated rings. The van der Waals surface area contributed by atoms with Crippen LogP contribution in [0.1, 0.15) is 51.4 Å². The quantitative estimate of drug-likeness (QED) is 0.588. The van der Waals surface area contributed by atoms with Crippen molar-refractivity contribution in [1.29, 1.82) is 0 Å². The van der Waals surface area contributed by atoms with E-state index in [0.29, 0.717) is 0 Å². The molecule has 0 aromatic heterocycles. The van der Waals surface area contributed by atoms with Crippen molar-refractivity contribution < 1.29 is 0 Å². The minimum absolute atomic E-state index is 1.11. The van der Waals surface area contributed by atoms with Gasteiger partial charge < -0.3 is 0 Å². The highest BCUT2D eigenvalue weighted by molar-refractivity contribution is 5.14. The Kier molecular flexibility index (Phi) is 1.62. The average molecular weight is 189 g/mol. The lowest BCUT2D eigenvalue weighted by molar-refractivity contribution is 0.217. The predicted octanol–water partition coefficient (Wildman–Crippen LogP) is 3.82. The van der Waals surface area contributed by atoms with E-state index in [1.54, 1.807) is 44.9 Å². The van der Waals surface area contributed by atoms with E-state index in [4.69, 9.17) is 0 Å². The molecule has 4 aliphatic carbocycles. The van der Waals surface area contributed by atoms with Gasteiger partial charge in [0.2, 0.25) is 0 Å². The van der Waals surface area contributed by atoms with E-state index in [0.717, 1.165) is 29.6 Å². The van der Waals surface area contributed by atoms with Gasteiger partial charge >= 0.3 is 0 Å². The minimum Gasteiger partial charge on any atom is -0.0502 e. The van der Waals surface area contributed by atoms with Crippen molar-refractivity contribution in [3.8, 4) is 0 Å². The molecule has 0 saturated heterocycles. The molecule has 5 unspecified atom stereocenters. The molecule has 0 aromatic rings. The maximum atomic E-state index is 2.01. The maximum absolute atomic E-state index is 2.01. The molecule has 0 spiro atoms. The van der Waals surface area contributed by atoms with Crippen LogP contribution in [0.3, 0.4) is 0 Å². The molecule has 1 radical (unpaired) electrons. The first kappa shape index (κ1) is 8.19. The zero-order valence-electron chi connectivity index (χ0n) is 9.04. The van der Waals surface area contributed by atoms with Gasteiger partial charge in [0.1, 0.15) is 0 Å². The van der Waals surface area contributed by atoms with Gasteiger partial charge in [-0.3, -0.25) is 0 Å². The molecule has 4 aliphatic rings. The minimum atomic E-state index is 1.11. The van der Waals surface area contributed by atoms with E-state index >= 15 is 0 Å². The average Bonchev–Trinajstić information content (AvgIpc) is 2.96. The van der Waals surface area contributed by atoms with Crippen LogP contribution in [-0.4, -0.2) is 0 Å². The fourth-order valence-electron chi connectivity index (χ4n) is 5.29. The van der Waals surface area contributed by atoms with Crippen LogP contribution in [0.15, 0.2) is 0 Å². The number of rotatable bonds is 1. The van der Waals surface area contributed by atoms with Gasteiger partial charge in [-0.05, 0) is 80.5 Å². The number of hydrogen-bond donors (Lipinski definition) is 0. The van der Waals surface area contributed by atoms with Gasteiger partial charge in [0.05, 0.1) is 0 Å². The Morgan fingerprint density at radius 1 is 0.857 bits per heavy atom. The first-order valence-electron chi connectivity index (χ1n) is 6.74. The van der Waals surface area contributed by atoms with Crippen molar-refractivity contribution in [3.63, 3.8) is 0 Å². The van der Waals surface area contributed by atoms with Crippen LogP contribution in [0.5, 0.6) is 0 Å². The van der Waals surface area contributed by atoms with Crippen molar-refractivity contribution in [2.75, 3.05) is 0 Å². The van der Waals surface area contributed by atoms with Crippen LogP contribution >= 0.6 is 0 Å². The van der Waals surface area contributed by atoms with E-state index in [1.165, 1.54) is 6.42 Å². The fraction of sp³-hybridized carbons (Fsp3) is 0.929. The number of hydrogen-bond acceptors (Lipinski definition) is 0. The summed E-state index contributed by atoms with van der Waals surface area (Å²) >= 11 is 0. The van der Waals surface area contributed by atoms with Gasteiger partial charge in [-0.2, -0.15) is 0 Å². The lowest BCUT2D eigenvalue weighted by Gasteiger charge is -2.33. The second-order valence-corrected chi connectivity index (χ2v) is 6.45. The maximum Gasteiger partial charge on any atom is -0.0204 e. The van der Waals surface area contributed by atoms with Crippen molar-refractivity contribution >= 4 is 0 Å². The molecule has 0 N–H and O–H groups in total. The van der Waals surface area contributed by atoms with Crippen LogP contribution in [0.4, 0.5) is 0 Å². The Morgan fingerprint density at radius 3 is 2.43 bits per heavy atom. The largest absolute Gasteiger partial charge is 0.0502 e. The highest BCUT2D eigenvalue weighted by atomic mass is 14.5. The Hall–Kier alpha value is 0. The molecule has 0 heteroatoms. The molecule has 0 heterocycles. The SMILES string of the molecule is C1CC2C[C]1C(C1CC3CCC1C3)C2. The summed E-state index contributed by atoms with van der Waals surface area (Å²) in [5.41, 5.74) is 0. The lowest BCUT2D eigenvalue weighted by Crippen LogP contribution is -2.24. The summed E-state index contributed by atoms with van der Waals surface area (Å²) in [7, 11) is 0. The topological polar surface area (TPSA) is 0 Å². The Balaban J connectivity index is 1.54. The predicted molar refractivity (Wildman–Crippen MR) is 57.6 cm³/mol. The van der Waals surface area contributed by atoms with Crippen molar-refractivity contribution in [2.45, 2.75) is 51.4 Å². The standard InChI is InChI=1S/C14H21/c1-3-11-5-9(1)7-13(11)14-8-10-2-4-12(14)6-10/h9-11,13-14H,1-8H2. The Morgan fingerprint density at radius 2 is 1.86 bits per heavy atom. The first-order chi connectivity index (χ1) is 6.90. The molecule has 77 valence electrons. The summed E-state index contributed by atoms with van der Waals surface area (Å²) in [4.78, 5) is 0. The van der Waals surface area contributed by atoms with Gasteiger partial charge in [0.15, 0.2) is 0 Å². The fourth-order valence-corrected chi connectivity index (χ4v) is 5.29. The molecule has 0 amide bonds. The molecule has 5 atom stereocenters. The molecule has 4 rings (SSSR count). The highest BCUT2D eigenvalue weighted by Crippen LogP contribution is 2.60. The Bertz CT molecular complexity index is 218. The van der Waals surface area contributed by atoms with Gasteiger partial charge in [0, 0.05) is 0 Å². The molecule has 0 aromatic carbocycles. The summed E-state index contributed by atoms with van der Waals surface area (Å²) in [6.45, 7) is 0. The third-order valence-electron chi connectivity index (χ3n) is 5.85. The third kappa shape index (κ3) is 1.01. The van der Waals surface area contributed by atoms with Crippen LogP contribution in [0, 0.1) is 35.5 Å². The summed E-state index contributed by atoms with van der Waals surface area (Å²) < 4.78 is 0. The van der Waals surface area contributed by atoms with E-state index in [9.17, 15) is 0 Å². The summed E-state index contributed by atoms with van der Waals surface area (Å²) in [5.74, 6) is 7.74. The van der Waals surface area contributed by atoms with Gasteiger partial charge in [-0.1, -0.05) is 6.42 Å². The van der Waals surface area contributed by atoms with E-state index in [-0.39, 0.29) is 0 Å². The third-order valence-corrected chi connectivity index (χ3v) is 5.85. The molecule has 4 saturated carbocycles. The van der Waals surface area contributed by atoms with E-state index < -0.39 is 0 Å². The van der Waals surface area contributed by atoms with Gasteiger partial charge in [-0.15, -0.1) is 0 Å². The molecule has 0 aliphatic heterocycles. The molecular formula is C14H21. The summed E-state index contributed by atoms with van der Waals surface area (Å²) in [6, 6.07) is 0. The van der Waals surface area contributed by atoms with Crippen LogP contribution in [0.2, 0.25) is 0 Å². The second-order valence-electron chi connectivity index (χ2n) is 6.45. The van der Waals surface area contributed by atoms with Crippen molar-refractivity contribution in [3.05, 3.63) is 5.92 Å². The zero-order valence-corrected chi connectivity index (χ0v) is 9.04. The highest BCUT2D eigenvalue weighted by Gasteiger charge is 2.50. The zero-order chi connectivity index (χ0) is 9.12. The smallest absolute Gasteiger partial charge is 0.0204 e. The monoisotopic (exact) mass is 189 g/mol. The molecule has 0 nitrogen and oxygen atoms in total. The van der Waals surface area contributed by atoms with Crippen molar-refractivity contribution in [2.24, 2.45) is 29.6 Å². The first-order valence-corrected chi connectivity index (χ1v) is 6.74. The Labute approximate surface area is 87.5 Å².